The van der Waals surface area contributed by atoms with Gasteiger partial charge in [-0.25, -0.2) is 0 Å². The van der Waals surface area contributed by atoms with Crippen LogP contribution in [0.25, 0.3) is 0 Å². The van der Waals surface area contributed by atoms with E-state index in [0.29, 0.717) is 5.41 Å². The van der Waals surface area contributed by atoms with E-state index in [1.165, 1.54) is 0 Å². The highest BCUT2D eigenvalue weighted by molar-refractivity contribution is 5.81. The lowest BCUT2D eigenvalue weighted by Gasteiger charge is -2.19. The van der Waals surface area contributed by atoms with Crippen LogP contribution in [0.4, 0.5) is 0 Å². The first-order chi connectivity index (χ1) is 6.49. The molecule has 0 aromatic heterocycles. The Labute approximate surface area is 86.6 Å². The number of carbonyl (C=O) groups excluding carboxylic acids is 1. The second-order valence-corrected chi connectivity index (χ2v) is 5.25. The maximum atomic E-state index is 11.6. The van der Waals surface area contributed by atoms with Crippen LogP contribution in [0.3, 0.4) is 0 Å². The quantitative estimate of drug-likeness (QED) is 0.717. The third-order valence-electron chi connectivity index (χ3n) is 2.55. The zero-order valence-corrected chi connectivity index (χ0v) is 9.52. The van der Waals surface area contributed by atoms with Crippen LogP contribution in [0.1, 0.15) is 40.0 Å². The average Bonchev–Trinajstić information content (AvgIpc) is 2.53. The maximum Gasteiger partial charge on any atom is 0.237 e. The fourth-order valence-corrected chi connectivity index (χ4v) is 1.59. The molecule has 3 nitrogen and oxygen atoms in total. The first-order valence-electron chi connectivity index (χ1n) is 5.50. The minimum atomic E-state index is 0.0648. The molecule has 3 heteroatoms. The molecule has 0 unspecified atom stereocenters. The van der Waals surface area contributed by atoms with Gasteiger partial charge in [-0.2, -0.15) is 0 Å². The average molecular weight is 198 g/mol. The van der Waals surface area contributed by atoms with Gasteiger partial charge in [0, 0.05) is 6.54 Å². The minimum absolute atomic E-state index is 0.0648. The van der Waals surface area contributed by atoms with Crippen molar-refractivity contribution >= 4 is 5.91 Å². The molecule has 1 heterocycles. The molecule has 1 aliphatic rings. The lowest BCUT2D eigenvalue weighted by Crippen LogP contribution is -2.41. The Morgan fingerprint density at radius 2 is 2.21 bits per heavy atom. The van der Waals surface area contributed by atoms with Crippen molar-refractivity contribution in [1.82, 2.24) is 10.6 Å². The Morgan fingerprint density at radius 3 is 2.71 bits per heavy atom. The lowest BCUT2D eigenvalue weighted by molar-refractivity contribution is -0.122. The van der Waals surface area contributed by atoms with E-state index < -0.39 is 0 Å². The largest absolute Gasteiger partial charge is 0.355 e. The summed E-state index contributed by atoms with van der Waals surface area (Å²) in [7, 11) is 0. The molecule has 0 bridgehead atoms. The van der Waals surface area contributed by atoms with E-state index in [0.717, 1.165) is 32.4 Å². The smallest absolute Gasteiger partial charge is 0.237 e. The summed E-state index contributed by atoms with van der Waals surface area (Å²) in [5.74, 6) is 0.173. The van der Waals surface area contributed by atoms with E-state index in [2.05, 4.69) is 31.4 Å². The second kappa shape index (κ2) is 4.78. The van der Waals surface area contributed by atoms with Gasteiger partial charge in [0.1, 0.15) is 0 Å². The molecule has 1 aliphatic heterocycles. The van der Waals surface area contributed by atoms with Crippen molar-refractivity contribution in [2.75, 3.05) is 13.1 Å². The highest BCUT2D eigenvalue weighted by Crippen LogP contribution is 2.17. The predicted octanol–water partition coefficient (Wildman–Crippen LogP) is 1.29. The summed E-state index contributed by atoms with van der Waals surface area (Å²) in [5, 5.41) is 6.17. The van der Waals surface area contributed by atoms with Crippen molar-refractivity contribution in [3.63, 3.8) is 0 Å². The van der Waals surface area contributed by atoms with Crippen LogP contribution in [-0.2, 0) is 4.79 Å². The van der Waals surface area contributed by atoms with E-state index in [-0.39, 0.29) is 11.9 Å². The summed E-state index contributed by atoms with van der Waals surface area (Å²) in [6, 6.07) is 0.0648. The number of carbonyl (C=O) groups is 1. The molecule has 0 spiro atoms. The molecule has 2 N–H and O–H groups in total. The number of hydrogen-bond acceptors (Lipinski definition) is 2. The zero-order chi connectivity index (χ0) is 10.6. The second-order valence-electron chi connectivity index (χ2n) is 5.25. The Bertz CT molecular complexity index is 190. The zero-order valence-electron chi connectivity index (χ0n) is 9.52. The summed E-state index contributed by atoms with van der Waals surface area (Å²) < 4.78 is 0. The summed E-state index contributed by atoms with van der Waals surface area (Å²) in [5.41, 5.74) is 0.302. The standard InChI is InChI=1S/C11H22N2O/c1-11(2,3)6-8-13-10(14)9-5-4-7-12-9/h9,12H,4-8H2,1-3H3,(H,13,14)/t9-/m1/s1. The number of nitrogens with one attached hydrogen (secondary N) is 2. The van der Waals surface area contributed by atoms with Gasteiger partial charge in [-0.05, 0) is 31.2 Å². The fourth-order valence-electron chi connectivity index (χ4n) is 1.59. The van der Waals surface area contributed by atoms with Gasteiger partial charge < -0.3 is 10.6 Å². The lowest BCUT2D eigenvalue weighted by atomic mass is 9.92. The molecule has 0 aromatic carbocycles. The van der Waals surface area contributed by atoms with Gasteiger partial charge in [-0.1, -0.05) is 20.8 Å². The maximum absolute atomic E-state index is 11.6. The normalized spacial score (nSPS) is 22.4. The van der Waals surface area contributed by atoms with Crippen LogP contribution in [-0.4, -0.2) is 25.0 Å². The predicted molar refractivity (Wildman–Crippen MR) is 58.1 cm³/mol. The summed E-state index contributed by atoms with van der Waals surface area (Å²) in [4.78, 5) is 11.6. The highest BCUT2D eigenvalue weighted by atomic mass is 16.2. The molecule has 82 valence electrons. The van der Waals surface area contributed by atoms with E-state index in [1.54, 1.807) is 0 Å². The van der Waals surface area contributed by atoms with Gasteiger partial charge in [0.25, 0.3) is 0 Å². The molecule has 14 heavy (non-hydrogen) atoms. The monoisotopic (exact) mass is 198 g/mol. The van der Waals surface area contributed by atoms with Crippen molar-refractivity contribution in [1.29, 1.82) is 0 Å². The summed E-state index contributed by atoms with van der Waals surface area (Å²) in [6.07, 6.45) is 3.14. The van der Waals surface area contributed by atoms with Crippen LogP contribution >= 0.6 is 0 Å². The van der Waals surface area contributed by atoms with Crippen LogP contribution in [0, 0.1) is 5.41 Å². The minimum Gasteiger partial charge on any atom is -0.355 e. The molecule has 1 saturated heterocycles. The Kier molecular flexibility index (Phi) is 3.93. The molecule has 0 aromatic rings. The van der Waals surface area contributed by atoms with Gasteiger partial charge in [-0.3, -0.25) is 4.79 Å². The molecule has 1 amide bonds. The third-order valence-corrected chi connectivity index (χ3v) is 2.55. The highest BCUT2D eigenvalue weighted by Gasteiger charge is 2.21. The molecule has 1 fully saturated rings. The number of amides is 1. The Hall–Kier alpha value is -0.570. The molecular weight excluding hydrogens is 176 g/mol. The first-order valence-corrected chi connectivity index (χ1v) is 5.50. The van der Waals surface area contributed by atoms with E-state index in [1.807, 2.05) is 0 Å². The molecule has 1 rings (SSSR count). The fraction of sp³-hybridized carbons (Fsp3) is 0.909. The van der Waals surface area contributed by atoms with Crippen molar-refractivity contribution < 1.29 is 4.79 Å². The Balaban J connectivity index is 2.15. The Morgan fingerprint density at radius 1 is 1.50 bits per heavy atom. The van der Waals surface area contributed by atoms with E-state index >= 15 is 0 Å². The number of hydrogen-bond donors (Lipinski definition) is 2. The first kappa shape index (κ1) is 11.5. The third kappa shape index (κ3) is 4.09. The molecule has 0 radical (unpaired) electrons. The summed E-state index contributed by atoms with van der Waals surface area (Å²) in [6.45, 7) is 8.34. The van der Waals surface area contributed by atoms with Gasteiger partial charge >= 0.3 is 0 Å². The van der Waals surface area contributed by atoms with Crippen LogP contribution in [0.15, 0.2) is 0 Å². The SMILES string of the molecule is CC(C)(C)CCNC(=O)[C@H]1CCCN1. The van der Waals surface area contributed by atoms with Crippen molar-refractivity contribution in [3.8, 4) is 0 Å². The van der Waals surface area contributed by atoms with E-state index in [4.69, 9.17) is 0 Å². The topological polar surface area (TPSA) is 41.1 Å². The van der Waals surface area contributed by atoms with Gasteiger partial charge in [0.05, 0.1) is 6.04 Å². The van der Waals surface area contributed by atoms with Gasteiger partial charge in [0.15, 0.2) is 0 Å². The molecular formula is C11H22N2O. The molecule has 1 atom stereocenters. The van der Waals surface area contributed by atoms with Crippen molar-refractivity contribution in [3.05, 3.63) is 0 Å². The van der Waals surface area contributed by atoms with E-state index in [9.17, 15) is 4.79 Å². The summed E-state index contributed by atoms with van der Waals surface area (Å²) >= 11 is 0. The van der Waals surface area contributed by atoms with Crippen LogP contribution in [0.5, 0.6) is 0 Å². The van der Waals surface area contributed by atoms with Gasteiger partial charge in [-0.15, -0.1) is 0 Å². The van der Waals surface area contributed by atoms with Crippen molar-refractivity contribution in [2.24, 2.45) is 5.41 Å². The van der Waals surface area contributed by atoms with Crippen LogP contribution in [0.2, 0.25) is 0 Å². The molecule has 0 saturated carbocycles. The molecule has 0 aliphatic carbocycles. The van der Waals surface area contributed by atoms with Crippen molar-refractivity contribution in [2.45, 2.75) is 46.1 Å². The van der Waals surface area contributed by atoms with Crippen LogP contribution < -0.4 is 10.6 Å². The number of rotatable bonds is 3. The van der Waals surface area contributed by atoms with Gasteiger partial charge in [0.2, 0.25) is 5.91 Å².